The molecule has 1 amide bonds. The van der Waals surface area contributed by atoms with E-state index in [1.807, 2.05) is 0 Å². The van der Waals surface area contributed by atoms with Crippen molar-refractivity contribution in [3.63, 3.8) is 0 Å². The molecule has 10 nitrogen and oxygen atoms in total. The molecule has 1 aromatic carbocycles. The summed E-state index contributed by atoms with van der Waals surface area (Å²) < 4.78 is 1.35. The van der Waals surface area contributed by atoms with Gasteiger partial charge in [0.25, 0.3) is 17.3 Å². The molecular weight excluding hydrogens is 306 g/mol. The number of benzene rings is 1. The third-order valence-electron chi connectivity index (χ3n) is 3.24. The largest absolute Gasteiger partial charge is 0.320 e. The van der Waals surface area contributed by atoms with E-state index in [0.717, 1.165) is 12.1 Å². The van der Waals surface area contributed by atoms with Crippen molar-refractivity contribution in [2.24, 2.45) is 7.05 Å². The number of hydrogen-bond acceptors (Lipinski definition) is 6. The van der Waals surface area contributed by atoms with E-state index in [1.165, 1.54) is 17.7 Å². The van der Waals surface area contributed by atoms with Gasteiger partial charge in [-0.25, -0.2) is 0 Å². The van der Waals surface area contributed by atoms with E-state index in [9.17, 15) is 25.0 Å². The third-order valence-corrected chi connectivity index (χ3v) is 3.24. The number of nitrogens with zero attached hydrogens (tertiary/aromatic N) is 4. The normalized spacial score (nSPS) is 10.4. The summed E-state index contributed by atoms with van der Waals surface area (Å²) in [6.45, 7) is 2.99. The van der Waals surface area contributed by atoms with Gasteiger partial charge in [-0.1, -0.05) is 0 Å². The molecule has 1 N–H and O–H groups in total. The highest BCUT2D eigenvalue weighted by atomic mass is 16.6. The first-order valence-electron chi connectivity index (χ1n) is 6.46. The predicted octanol–water partition coefficient (Wildman–Crippen LogP) is 2.11. The highest BCUT2D eigenvalue weighted by Gasteiger charge is 2.24. The van der Waals surface area contributed by atoms with Gasteiger partial charge in [0.15, 0.2) is 0 Å². The SMILES string of the molecule is Cc1cc(C(=O)Nc2cc([N+](=O)[O-])c(C)c([N+](=O)[O-])c2)n(C)n1. The van der Waals surface area contributed by atoms with Crippen molar-refractivity contribution in [3.05, 3.63) is 55.4 Å². The molecule has 0 aliphatic heterocycles. The van der Waals surface area contributed by atoms with E-state index < -0.39 is 27.1 Å². The topological polar surface area (TPSA) is 133 Å². The summed E-state index contributed by atoms with van der Waals surface area (Å²) in [4.78, 5) is 32.8. The van der Waals surface area contributed by atoms with E-state index in [1.54, 1.807) is 14.0 Å². The molecule has 1 heterocycles. The van der Waals surface area contributed by atoms with Crippen LogP contribution in [0.25, 0.3) is 0 Å². The molecule has 10 heteroatoms. The number of aryl methyl sites for hydroxylation is 2. The Bertz CT molecular complexity index is 791. The number of aromatic nitrogens is 2. The van der Waals surface area contributed by atoms with Crippen molar-refractivity contribution in [2.45, 2.75) is 13.8 Å². The Morgan fingerprint density at radius 2 is 1.65 bits per heavy atom. The van der Waals surface area contributed by atoms with Crippen molar-refractivity contribution in [1.29, 1.82) is 0 Å². The summed E-state index contributed by atoms with van der Waals surface area (Å²) >= 11 is 0. The predicted molar refractivity (Wildman–Crippen MR) is 80.4 cm³/mol. The van der Waals surface area contributed by atoms with Crippen LogP contribution >= 0.6 is 0 Å². The molecule has 2 rings (SSSR count). The van der Waals surface area contributed by atoms with Crippen LogP contribution in [0.1, 0.15) is 21.7 Å². The van der Waals surface area contributed by atoms with Gasteiger partial charge >= 0.3 is 0 Å². The van der Waals surface area contributed by atoms with Crippen LogP contribution in [-0.2, 0) is 7.05 Å². The number of nitro benzene ring substituents is 2. The Balaban J connectivity index is 2.43. The van der Waals surface area contributed by atoms with E-state index in [4.69, 9.17) is 0 Å². The fraction of sp³-hybridized carbons (Fsp3) is 0.231. The van der Waals surface area contributed by atoms with Crippen molar-refractivity contribution in [2.75, 3.05) is 5.32 Å². The van der Waals surface area contributed by atoms with Gasteiger partial charge in [0.05, 0.1) is 21.2 Å². The molecule has 23 heavy (non-hydrogen) atoms. The maximum atomic E-state index is 12.2. The fourth-order valence-electron chi connectivity index (χ4n) is 2.15. The van der Waals surface area contributed by atoms with Gasteiger partial charge in [0.2, 0.25) is 0 Å². The molecular formula is C13H13N5O5. The van der Waals surface area contributed by atoms with Gasteiger partial charge in [0, 0.05) is 19.2 Å². The molecule has 0 saturated carbocycles. The van der Waals surface area contributed by atoms with Gasteiger partial charge < -0.3 is 5.32 Å². The number of nitrogens with one attached hydrogen (secondary N) is 1. The lowest BCUT2D eigenvalue weighted by molar-refractivity contribution is -0.395. The summed E-state index contributed by atoms with van der Waals surface area (Å²) in [5, 5.41) is 28.5. The zero-order valence-electron chi connectivity index (χ0n) is 12.6. The molecule has 0 saturated heterocycles. The third kappa shape index (κ3) is 3.15. The van der Waals surface area contributed by atoms with Crippen LogP contribution in [0.5, 0.6) is 0 Å². The van der Waals surface area contributed by atoms with E-state index >= 15 is 0 Å². The second kappa shape index (κ2) is 5.83. The highest BCUT2D eigenvalue weighted by molar-refractivity contribution is 6.03. The number of hydrogen-bond donors (Lipinski definition) is 1. The maximum Gasteiger partial charge on any atom is 0.281 e. The summed E-state index contributed by atoms with van der Waals surface area (Å²) in [7, 11) is 1.57. The van der Waals surface area contributed by atoms with Crippen LogP contribution in [0.4, 0.5) is 17.1 Å². The first-order chi connectivity index (χ1) is 10.7. The molecule has 2 aromatic rings. The molecule has 0 unspecified atom stereocenters. The molecule has 1 aromatic heterocycles. The smallest absolute Gasteiger partial charge is 0.281 e. The van der Waals surface area contributed by atoms with Crippen LogP contribution in [0, 0.1) is 34.1 Å². The van der Waals surface area contributed by atoms with E-state index in [-0.39, 0.29) is 16.9 Å². The van der Waals surface area contributed by atoms with Gasteiger partial charge in [-0.05, 0) is 19.9 Å². The summed E-state index contributed by atoms with van der Waals surface area (Å²) in [6, 6.07) is 3.71. The number of rotatable bonds is 4. The molecule has 0 spiro atoms. The Morgan fingerprint density at radius 3 is 2.04 bits per heavy atom. The molecule has 0 atom stereocenters. The molecule has 120 valence electrons. The summed E-state index contributed by atoms with van der Waals surface area (Å²) in [6.07, 6.45) is 0. The highest BCUT2D eigenvalue weighted by Crippen LogP contribution is 2.31. The average molecular weight is 319 g/mol. The maximum absolute atomic E-state index is 12.2. The molecule has 0 aliphatic carbocycles. The quantitative estimate of drug-likeness (QED) is 0.677. The zero-order valence-corrected chi connectivity index (χ0v) is 12.6. The second-order valence-corrected chi connectivity index (χ2v) is 4.90. The zero-order chi connectivity index (χ0) is 17.3. The van der Waals surface area contributed by atoms with Crippen LogP contribution < -0.4 is 5.32 Å². The molecule has 0 radical (unpaired) electrons. The van der Waals surface area contributed by atoms with Gasteiger partial charge in [-0.2, -0.15) is 5.10 Å². The number of nitro groups is 2. The molecule has 0 aliphatic rings. The lowest BCUT2D eigenvalue weighted by Gasteiger charge is -2.07. The lowest BCUT2D eigenvalue weighted by atomic mass is 10.1. The number of carbonyl (C=O) groups excluding carboxylic acids is 1. The molecule has 0 bridgehead atoms. The van der Waals surface area contributed by atoms with Crippen molar-refractivity contribution in [1.82, 2.24) is 9.78 Å². The number of anilines is 1. The fourth-order valence-corrected chi connectivity index (χ4v) is 2.15. The van der Waals surface area contributed by atoms with E-state index in [0.29, 0.717) is 5.69 Å². The van der Waals surface area contributed by atoms with Crippen LogP contribution in [0.3, 0.4) is 0 Å². The van der Waals surface area contributed by atoms with Crippen molar-refractivity contribution >= 4 is 23.0 Å². The van der Waals surface area contributed by atoms with Gasteiger partial charge in [-0.15, -0.1) is 0 Å². The van der Waals surface area contributed by atoms with Crippen LogP contribution in [-0.4, -0.2) is 25.5 Å². The lowest BCUT2D eigenvalue weighted by Crippen LogP contribution is -2.16. The Morgan fingerprint density at radius 1 is 1.13 bits per heavy atom. The van der Waals surface area contributed by atoms with Crippen molar-refractivity contribution < 1.29 is 14.6 Å². The minimum absolute atomic E-state index is 0.0298. The summed E-state index contributed by atoms with van der Waals surface area (Å²) in [5.74, 6) is -0.569. The summed E-state index contributed by atoms with van der Waals surface area (Å²) in [5.41, 5.74) is -0.120. The number of carbonyl (C=O) groups is 1. The number of amides is 1. The minimum atomic E-state index is -0.730. The van der Waals surface area contributed by atoms with Crippen molar-refractivity contribution in [3.8, 4) is 0 Å². The Hall–Kier alpha value is -3.30. The Kier molecular flexibility index (Phi) is 4.08. The first-order valence-corrected chi connectivity index (χ1v) is 6.46. The Labute approximate surface area is 130 Å². The van der Waals surface area contributed by atoms with Gasteiger partial charge in [0.1, 0.15) is 11.3 Å². The standard InChI is InChI=1S/C13H13N5O5/c1-7-4-12(16(3)15-7)13(19)14-9-5-10(17(20)21)8(2)11(6-9)18(22)23/h4-6H,1-3H3,(H,14,19). The van der Waals surface area contributed by atoms with Crippen LogP contribution in [0.2, 0.25) is 0 Å². The monoisotopic (exact) mass is 319 g/mol. The second-order valence-electron chi connectivity index (χ2n) is 4.90. The average Bonchev–Trinajstić information content (AvgIpc) is 2.78. The van der Waals surface area contributed by atoms with Crippen LogP contribution in [0.15, 0.2) is 18.2 Å². The van der Waals surface area contributed by atoms with Gasteiger partial charge in [-0.3, -0.25) is 29.7 Å². The van der Waals surface area contributed by atoms with E-state index in [2.05, 4.69) is 10.4 Å². The first kappa shape index (κ1) is 16.1. The molecule has 0 fully saturated rings. The minimum Gasteiger partial charge on any atom is -0.320 e.